The summed E-state index contributed by atoms with van der Waals surface area (Å²) in [5.74, 6) is 1.26. The van der Waals surface area contributed by atoms with Crippen LogP contribution >= 0.6 is 0 Å². The van der Waals surface area contributed by atoms with Crippen molar-refractivity contribution in [2.45, 2.75) is 25.9 Å². The van der Waals surface area contributed by atoms with Gasteiger partial charge in [-0.05, 0) is 24.6 Å². The van der Waals surface area contributed by atoms with E-state index in [0.717, 1.165) is 19.5 Å². The van der Waals surface area contributed by atoms with E-state index in [-0.39, 0.29) is 11.9 Å². The molecule has 0 fully saturated rings. The normalized spacial score (nSPS) is 17.3. The lowest BCUT2D eigenvalue weighted by Crippen LogP contribution is -3.16. The maximum Gasteiger partial charge on any atom is 0.282 e. The molecule has 0 bridgehead atoms. The molecule has 5 heteroatoms. The van der Waals surface area contributed by atoms with Crippen molar-refractivity contribution in [3.05, 3.63) is 53.6 Å². The summed E-state index contributed by atoms with van der Waals surface area (Å²) in [5.41, 5.74) is 3.46. The maximum atomic E-state index is 12.7. The minimum atomic E-state index is -0.124. The summed E-state index contributed by atoms with van der Waals surface area (Å²) in [7, 11) is 3.18. The first-order valence-corrected chi connectivity index (χ1v) is 8.56. The highest BCUT2D eigenvalue weighted by atomic mass is 16.5. The number of fused-ring (bicyclic) bond motifs is 1. The number of nitrogens with one attached hydrogen (secondary N) is 2. The van der Waals surface area contributed by atoms with Crippen LogP contribution in [0, 0.1) is 0 Å². The average Bonchev–Trinajstić information content (AvgIpc) is 2.66. The lowest BCUT2D eigenvalue weighted by atomic mass is 9.99. The highest BCUT2D eigenvalue weighted by Crippen LogP contribution is 2.29. The van der Waals surface area contributed by atoms with Gasteiger partial charge in [0, 0.05) is 23.7 Å². The summed E-state index contributed by atoms with van der Waals surface area (Å²) in [4.78, 5) is 14.0. The molecule has 1 aliphatic rings. The van der Waals surface area contributed by atoms with E-state index in [2.05, 4.69) is 29.6 Å². The number of hydrogen-bond donors (Lipinski definition) is 2. The number of quaternary nitrogens is 1. The number of methoxy groups -OCH3 is 2. The van der Waals surface area contributed by atoms with Crippen molar-refractivity contribution >= 4 is 11.6 Å². The fourth-order valence-electron chi connectivity index (χ4n) is 3.32. The Balaban J connectivity index is 1.67. The number of benzene rings is 2. The quantitative estimate of drug-likeness (QED) is 0.870. The number of amides is 1. The SMILES string of the molecule is COc1ccc(NC(=O)[C@H](C)[NH+]2CCc3ccccc3C2)cc1OC. The van der Waals surface area contributed by atoms with E-state index >= 15 is 0 Å². The molecule has 0 saturated heterocycles. The lowest BCUT2D eigenvalue weighted by Gasteiger charge is -2.30. The Morgan fingerprint density at radius 1 is 1.08 bits per heavy atom. The van der Waals surface area contributed by atoms with Gasteiger partial charge in [-0.2, -0.15) is 0 Å². The van der Waals surface area contributed by atoms with Crippen LogP contribution in [-0.2, 0) is 17.8 Å². The minimum Gasteiger partial charge on any atom is -0.493 e. The van der Waals surface area contributed by atoms with Crippen molar-refractivity contribution in [3.8, 4) is 11.5 Å². The molecule has 132 valence electrons. The highest BCUT2D eigenvalue weighted by molar-refractivity contribution is 5.93. The zero-order valence-electron chi connectivity index (χ0n) is 15.0. The van der Waals surface area contributed by atoms with Gasteiger partial charge in [-0.15, -0.1) is 0 Å². The van der Waals surface area contributed by atoms with E-state index in [1.807, 2.05) is 13.0 Å². The van der Waals surface area contributed by atoms with Crippen LogP contribution in [0.2, 0.25) is 0 Å². The topological polar surface area (TPSA) is 52.0 Å². The van der Waals surface area contributed by atoms with Crippen molar-refractivity contribution in [3.63, 3.8) is 0 Å². The van der Waals surface area contributed by atoms with Crippen molar-refractivity contribution in [1.82, 2.24) is 0 Å². The van der Waals surface area contributed by atoms with Crippen molar-refractivity contribution in [2.75, 3.05) is 26.1 Å². The molecule has 1 unspecified atom stereocenters. The van der Waals surface area contributed by atoms with Crippen molar-refractivity contribution in [2.24, 2.45) is 0 Å². The predicted molar refractivity (Wildman–Crippen MR) is 97.3 cm³/mol. The number of carbonyl (C=O) groups excluding carboxylic acids is 1. The number of rotatable bonds is 5. The lowest BCUT2D eigenvalue weighted by molar-refractivity contribution is -0.929. The Labute approximate surface area is 148 Å². The first kappa shape index (κ1) is 17.3. The van der Waals surface area contributed by atoms with Crippen LogP contribution in [0.1, 0.15) is 18.1 Å². The van der Waals surface area contributed by atoms with Gasteiger partial charge >= 0.3 is 0 Å². The second kappa shape index (κ2) is 7.57. The fourth-order valence-corrected chi connectivity index (χ4v) is 3.32. The number of ether oxygens (including phenoxy) is 2. The summed E-state index contributed by atoms with van der Waals surface area (Å²) < 4.78 is 10.5. The Kier molecular flexibility index (Phi) is 5.24. The van der Waals surface area contributed by atoms with Crippen LogP contribution in [-0.4, -0.2) is 32.7 Å². The zero-order valence-corrected chi connectivity index (χ0v) is 15.0. The van der Waals surface area contributed by atoms with E-state index in [9.17, 15) is 4.79 Å². The fraction of sp³-hybridized carbons (Fsp3) is 0.350. The molecule has 1 heterocycles. The molecule has 2 N–H and O–H groups in total. The van der Waals surface area contributed by atoms with E-state index in [0.29, 0.717) is 17.2 Å². The summed E-state index contributed by atoms with van der Waals surface area (Å²) in [6.45, 7) is 3.84. The number of carbonyl (C=O) groups is 1. The Morgan fingerprint density at radius 2 is 1.80 bits per heavy atom. The molecular formula is C20H25N2O3+. The van der Waals surface area contributed by atoms with Crippen LogP contribution in [0.15, 0.2) is 42.5 Å². The third-order valence-electron chi connectivity index (χ3n) is 4.91. The molecular weight excluding hydrogens is 316 g/mol. The molecule has 0 aromatic heterocycles. The molecule has 3 rings (SSSR count). The van der Waals surface area contributed by atoms with Gasteiger partial charge in [-0.25, -0.2) is 0 Å². The number of hydrogen-bond acceptors (Lipinski definition) is 3. The van der Waals surface area contributed by atoms with Crippen LogP contribution in [0.3, 0.4) is 0 Å². The molecule has 1 aliphatic heterocycles. The van der Waals surface area contributed by atoms with Gasteiger partial charge in [0.1, 0.15) is 6.54 Å². The Morgan fingerprint density at radius 3 is 2.52 bits per heavy atom. The number of anilines is 1. The monoisotopic (exact) mass is 341 g/mol. The summed E-state index contributed by atoms with van der Waals surface area (Å²) in [6, 6.07) is 13.8. The second-order valence-corrected chi connectivity index (χ2v) is 6.38. The standard InChI is InChI=1S/C20H24N2O3/c1-14(22-11-10-15-6-4-5-7-16(15)13-22)20(23)21-17-8-9-18(24-2)19(12-17)25-3/h4-9,12,14H,10-11,13H2,1-3H3,(H,21,23)/p+1/t14-/m0/s1. The molecule has 2 aromatic rings. The van der Waals surface area contributed by atoms with Gasteiger partial charge in [0.25, 0.3) is 5.91 Å². The maximum absolute atomic E-state index is 12.7. The third-order valence-corrected chi connectivity index (χ3v) is 4.91. The predicted octanol–water partition coefficient (Wildman–Crippen LogP) is 1.67. The van der Waals surface area contributed by atoms with Gasteiger partial charge in [-0.3, -0.25) is 4.79 Å². The summed E-state index contributed by atoms with van der Waals surface area (Å²) in [5, 5.41) is 2.99. The smallest absolute Gasteiger partial charge is 0.282 e. The van der Waals surface area contributed by atoms with Gasteiger partial charge in [0.2, 0.25) is 0 Å². The van der Waals surface area contributed by atoms with Gasteiger partial charge in [0.15, 0.2) is 17.5 Å². The molecule has 0 radical (unpaired) electrons. The van der Waals surface area contributed by atoms with Gasteiger partial charge < -0.3 is 19.7 Å². The average molecular weight is 341 g/mol. The van der Waals surface area contributed by atoms with E-state index in [1.54, 1.807) is 26.4 Å². The first-order chi connectivity index (χ1) is 12.1. The summed E-state index contributed by atoms with van der Waals surface area (Å²) in [6.07, 6.45) is 1.01. The van der Waals surface area contributed by atoms with Crippen molar-refractivity contribution in [1.29, 1.82) is 0 Å². The Bertz CT molecular complexity index is 760. The molecule has 0 aliphatic carbocycles. The Hall–Kier alpha value is -2.53. The molecule has 2 atom stereocenters. The molecule has 0 spiro atoms. The van der Waals surface area contributed by atoms with Gasteiger partial charge in [0.05, 0.1) is 20.8 Å². The first-order valence-electron chi connectivity index (χ1n) is 8.56. The molecule has 5 nitrogen and oxygen atoms in total. The van der Waals surface area contributed by atoms with Crippen molar-refractivity contribution < 1.29 is 19.2 Å². The molecule has 1 amide bonds. The minimum absolute atomic E-state index is 0.0154. The molecule has 25 heavy (non-hydrogen) atoms. The zero-order chi connectivity index (χ0) is 17.8. The van der Waals surface area contributed by atoms with Crippen LogP contribution in [0.25, 0.3) is 0 Å². The second-order valence-electron chi connectivity index (χ2n) is 6.38. The van der Waals surface area contributed by atoms with E-state index in [4.69, 9.17) is 9.47 Å². The van der Waals surface area contributed by atoms with Crippen LogP contribution < -0.4 is 19.7 Å². The summed E-state index contributed by atoms with van der Waals surface area (Å²) >= 11 is 0. The largest absolute Gasteiger partial charge is 0.493 e. The van der Waals surface area contributed by atoms with Gasteiger partial charge in [-0.1, -0.05) is 24.3 Å². The third kappa shape index (κ3) is 3.77. The van der Waals surface area contributed by atoms with Crippen LogP contribution in [0.4, 0.5) is 5.69 Å². The van der Waals surface area contributed by atoms with Crippen LogP contribution in [0.5, 0.6) is 11.5 Å². The molecule has 2 aromatic carbocycles. The molecule has 0 saturated carbocycles. The van der Waals surface area contributed by atoms with E-state index in [1.165, 1.54) is 16.0 Å². The highest BCUT2D eigenvalue weighted by Gasteiger charge is 2.29. The van der Waals surface area contributed by atoms with E-state index < -0.39 is 0 Å².